The molecule has 5 aromatic rings. The number of nitrogens with one attached hydrogen (secondary N) is 1. The van der Waals surface area contributed by atoms with Crippen LogP contribution in [0.25, 0.3) is 21.8 Å². The molecule has 0 fully saturated rings. The molecule has 3 heterocycles. The Balaban J connectivity index is 1.37. The lowest BCUT2D eigenvalue weighted by atomic mass is 9.98. The smallest absolute Gasteiger partial charge is 0.298 e. The topological polar surface area (TPSA) is 77.6 Å². The highest BCUT2D eigenvalue weighted by molar-refractivity contribution is 7.19. The summed E-state index contributed by atoms with van der Waals surface area (Å²) >= 11 is 1.11. The maximum atomic E-state index is 13.3. The van der Waals surface area contributed by atoms with Gasteiger partial charge in [-0.25, -0.2) is 9.97 Å². The molecule has 1 N–H and O–H groups in total. The summed E-state index contributed by atoms with van der Waals surface area (Å²) in [7, 11) is 0. The largest absolute Gasteiger partial charge is 0.320 e. The van der Waals surface area contributed by atoms with Crippen LogP contribution in [0.15, 0.2) is 79.4 Å². The van der Waals surface area contributed by atoms with Crippen LogP contribution >= 0.6 is 11.3 Å². The first kappa shape index (κ1) is 22.6. The van der Waals surface area contributed by atoms with Crippen molar-refractivity contribution in [1.82, 2.24) is 24.3 Å². The van der Waals surface area contributed by atoms with Crippen molar-refractivity contribution >= 4 is 22.4 Å². The minimum atomic E-state index is -2.72. The van der Waals surface area contributed by atoms with Crippen molar-refractivity contribution in [3.05, 3.63) is 96.2 Å². The SMILES string of the molecule is Cc1nc(NC(=O)c2ccccc2-c2ccc(Cn3cccn3)cc2)sc1-c1nccn1C(F)F. The lowest BCUT2D eigenvalue weighted by Gasteiger charge is -2.10. The van der Waals surface area contributed by atoms with Gasteiger partial charge in [-0.15, -0.1) is 0 Å². The molecule has 7 nitrogen and oxygen atoms in total. The quantitative estimate of drug-likeness (QED) is 0.309. The van der Waals surface area contributed by atoms with Crippen molar-refractivity contribution in [3.8, 4) is 21.8 Å². The van der Waals surface area contributed by atoms with Gasteiger partial charge in [0.15, 0.2) is 11.0 Å². The first-order valence-electron chi connectivity index (χ1n) is 10.8. The molecule has 0 aliphatic heterocycles. The second-order valence-corrected chi connectivity index (χ2v) is 8.77. The van der Waals surface area contributed by atoms with Crippen LogP contribution in [0.5, 0.6) is 0 Å². The number of benzene rings is 2. The number of nitrogens with zero attached hydrogens (tertiary/aromatic N) is 5. The van der Waals surface area contributed by atoms with Gasteiger partial charge in [-0.05, 0) is 35.7 Å². The van der Waals surface area contributed by atoms with E-state index in [2.05, 4.69) is 20.4 Å². The predicted octanol–water partition coefficient (Wildman–Crippen LogP) is 5.87. The predicted molar refractivity (Wildman–Crippen MR) is 130 cm³/mol. The van der Waals surface area contributed by atoms with Crippen LogP contribution in [0.3, 0.4) is 0 Å². The van der Waals surface area contributed by atoms with E-state index in [1.165, 1.54) is 12.4 Å². The summed E-state index contributed by atoms with van der Waals surface area (Å²) in [5, 5.41) is 7.35. The summed E-state index contributed by atoms with van der Waals surface area (Å²) in [6.45, 7) is -0.361. The summed E-state index contributed by atoms with van der Waals surface area (Å²) in [6.07, 6.45) is 6.17. The second-order valence-electron chi connectivity index (χ2n) is 7.77. The zero-order valence-electron chi connectivity index (χ0n) is 18.6. The van der Waals surface area contributed by atoms with E-state index in [9.17, 15) is 13.6 Å². The third kappa shape index (κ3) is 4.73. The van der Waals surface area contributed by atoms with Crippen LogP contribution in [-0.4, -0.2) is 30.2 Å². The van der Waals surface area contributed by atoms with E-state index in [4.69, 9.17) is 0 Å². The van der Waals surface area contributed by atoms with E-state index < -0.39 is 6.55 Å². The molecule has 35 heavy (non-hydrogen) atoms. The Morgan fingerprint density at radius 3 is 2.60 bits per heavy atom. The van der Waals surface area contributed by atoms with Crippen molar-refractivity contribution in [1.29, 1.82) is 0 Å². The molecule has 1 amide bonds. The maximum Gasteiger partial charge on any atom is 0.320 e. The van der Waals surface area contributed by atoms with Crippen molar-refractivity contribution in [2.75, 3.05) is 5.32 Å². The number of amides is 1. The second kappa shape index (κ2) is 9.59. The standard InChI is InChI=1S/C25H20F2N6OS/c1-16-21(22-28-12-14-33(22)24(26)27)35-25(30-16)31-23(34)20-6-3-2-5-19(20)18-9-7-17(8-10-18)15-32-13-4-11-29-32/h2-14,24H,15H2,1H3,(H,30,31,34). The summed E-state index contributed by atoms with van der Waals surface area (Å²) in [4.78, 5) is 22.1. The molecule has 0 saturated heterocycles. The van der Waals surface area contributed by atoms with Crippen LogP contribution in [0.1, 0.15) is 28.2 Å². The lowest BCUT2D eigenvalue weighted by molar-refractivity contribution is 0.0720. The Bertz CT molecular complexity index is 1460. The highest BCUT2D eigenvalue weighted by atomic mass is 32.1. The Morgan fingerprint density at radius 1 is 1.06 bits per heavy atom. The Kier molecular flexibility index (Phi) is 6.19. The molecule has 10 heteroatoms. The molecule has 5 rings (SSSR count). The number of imidazole rings is 1. The summed E-state index contributed by atoms with van der Waals surface area (Å²) in [6, 6.07) is 17.1. The van der Waals surface area contributed by atoms with E-state index in [1.807, 2.05) is 53.3 Å². The summed E-state index contributed by atoms with van der Waals surface area (Å²) in [5.74, 6) is -0.218. The number of thiazole rings is 1. The van der Waals surface area contributed by atoms with Crippen LogP contribution < -0.4 is 5.32 Å². The van der Waals surface area contributed by atoms with Gasteiger partial charge in [0.25, 0.3) is 5.91 Å². The zero-order valence-corrected chi connectivity index (χ0v) is 19.4. The Morgan fingerprint density at radius 2 is 1.86 bits per heavy atom. The van der Waals surface area contributed by atoms with E-state index in [1.54, 1.807) is 25.3 Å². The number of anilines is 1. The number of halogens is 2. The molecule has 0 atom stereocenters. The molecule has 0 aliphatic rings. The summed E-state index contributed by atoms with van der Waals surface area (Å²) < 4.78 is 29.2. The molecule has 176 valence electrons. The van der Waals surface area contributed by atoms with Gasteiger partial charge in [0.05, 0.1) is 17.1 Å². The van der Waals surface area contributed by atoms with Crippen LogP contribution in [-0.2, 0) is 6.54 Å². The Hall–Kier alpha value is -4.18. The third-order valence-corrected chi connectivity index (χ3v) is 6.51. The number of aryl methyl sites for hydroxylation is 1. The van der Waals surface area contributed by atoms with Crippen molar-refractivity contribution in [2.45, 2.75) is 20.0 Å². The monoisotopic (exact) mass is 490 g/mol. The molecule has 2 aromatic carbocycles. The number of aromatic nitrogens is 5. The number of alkyl halides is 2. The van der Waals surface area contributed by atoms with E-state index in [-0.39, 0.29) is 11.7 Å². The van der Waals surface area contributed by atoms with Gasteiger partial charge in [-0.3, -0.25) is 19.4 Å². The number of carbonyl (C=O) groups is 1. The van der Waals surface area contributed by atoms with Crippen LogP contribution in [0, 0.1) is 6.92 Å². The van der Waals surface area contributed by atoms with Gasteiger partial charge in [0, 0.05) is 30.4 Å². The van der Waals surface area contributed by atoms with Crippen molar-refractivity contribution in [3.63, 3.8) is 0 Å². The molecule has 0 saturated carbocycles. The van der Waals surface area contributed by atoms with Crippen LogP contribution in [0.4, 0.5) is 13.9 Å². The van der Waals surface area contributed by atoms with E-state index >= 15 is 0 Å². The van der Waals surface area contributed by atoms with Gasteiger partial charge in [0.2, 0.25) is 0 Å². The first-order valence-corrected chi connectivity index (χ1v) is 11.6. The summed E-state index contributed by atoms with van der Waals surface area (Å²) in [5.41, 5.74) is 3.76. The highest BCUT2D eigenvalue weighted by Gasteiger charge is 2.20. The fourth-order valence-corrected chi connectivity index (χ4v) is 4.73. The molecule has 0 unspecified atom stereocenters. The van der Waals surface area contributed by atoms with Crippen molar-refractivity contribution in [2.24, 2.45) is 0 Å². The molecular weight excluding hydrogens is 470 g/mol. The molecule has 0 radical (unpaired) electrons. The Labute approximate surface area is 203 Å². The van der Waals surface area contributed by atoms with Crippen molar-refractivity contribution < 1.29 is 13.6 Å². The first-order chi connectivity index (χ1) is 17.0. The molecule has 0 aliphatic carbocycles. The van der Waals surface area contributed by atoms with E-state index in [0.29, 0.717) is 27.8 Å². The number of carbonyl (C=O) groups excluding carboxylic acids is 1. The van der Waals surface area contributed by atoms with Gasteiger partial charge in [0.1, 0.15) is 0 Å². The number of hydrogen-bond donors (Lipinski definition) is 1. The number of hydrogen-bond acceptors (Lipinski definition) is 5. The molecule has 0 spiro atoms. The van der Waals surface area contributed by atoms with Crippen LogP contribution in [0.2, 0.25) is 0 Å². The molecule has 3 aromatic heterocycles. The fourth-order valence-electron chi connectivity index (χ4n) is 3.77. The van der Waals surface area contributed by atoms with Gasteiger partial charge < -0.3 is 0 Å². The highest BCUT2D eigenvalue weighted by Crippen LogP contribution is 2.34. The normalized spacial score (nSPS) is 11.2. The van der Waals surface area contributed by atoms with Gasteiger partial charge in [-0.2, -0.15) is 13.9 Å². The minimum absolute atomic E-state index is 0.117. The number of rotatable bonds is 7. The average Bonchev–Trinajstić information content (AvgIpc) is 3.61. The lowest BCUT2D eigenvalue weighted by Crippen LogP contribution is -2.13. The van der Waals surface area contributed by atoms with E-state index in [0.717, 1.165) is 32.6 Å². The average molecular weight is 491 g/mol. The molecule has 0 bridgehead atoms. The van der Waals surface area contributed by atoms with Gasteiger partial charge in [-0.1, -0.05) is 53.8 Å². The fraction of sp³-hybridized carbons (Fsp3) is 0.120. The minimum Gasteiger partial charge on any atom is -0.298 e. The maximum absolute atomic E-state index is 13.3. The van der Waals surface area contributed by atoms with Gasteiger partial charge >= 0.3 is 6.55 Å². The zero-order chi connectivity index (χ0) is 24.4. The third-order valence-electron chi connectivity index (χ3n) is 5.44. The molecular formula is C25H20F2N6OS.